The van der Waals surface area contributed by atoms with Crippen LogP contribution in [0.4, 0.5) is 10.1 Å². The Bertz CT molecular complexity index is 531. The van der Waals surface area contributed by atoms with Crippen molar-refractivity contribution in [2.75, 3.05) is 12.4 Å². The molecule has 7 heteroatoms. The first-order valence-corrected chi connectivity index (χ1v) is 5.25. The third-order valence-electron chi connectivity index (χ3n) is 2.29. The van der Waals surface area contributed by atoms with Gasteiger partial charge in [0.1, 0.15) is 11.3 Å². The van der Waals surface area contributed by atoms with E-state index >= 15 is 0 Å². The van der Waals surface area contributed by atoms with Crippen molar-refractivity contribution in [2.45, 2.75) is 13.8 Å². The number of nitrogens with one attached hydrogen (secondary N) is 1. The Morgan fingerprint density at radius 2 is 2.00 bits per heavy atom. The molecule has 0 aliphatic rings. The summed E-state index contributed by atoms with van der Waals surface area (Å²) in [6, 6.07) is 0. The van der Waals surface area contributed by atoms with E-state index < -0.39 is 23.4 Å². The van der Waals surface area contributed by atoms with Gasteiger partial charge in [-0.3, -0.25) is 4.79 Å². The van der Waals surface area contributed by atoms with Crippen LogP contribution in [-0.2, 0) is 4.79 Å². The van der Waals surface area contributed by atoms with Gasteiger partial charge in [-0.15, -0.1) is 0 Å². The molecule has 0 spiro atoms. The third kappa shape index (κ3) is 2.38. The van der Waals surface area contributed by atoms with Crippen LogP contribution >= 0.6 is 11.6 Å². The topological polar surface area (TPSA) is 75.6 Å². The van der Waals surface area contributed by atoms with E-state index in [0.717, 1.165) is 7.11 Å². The highest BCUT2D eigenvalue weighted by Gasteiger charge is 2.26. The first-order valence-electron chi connectivity index (χ1n) is 4.87. The standard InChI is InChI=1S/C11H11ClFNO4/c1-4-6(11(16)17)10(18-3)8(13)9(7(4)12)14-5(2)15/h1-3H3,(H,14,15)(H,16,17). The molecule has 0 aromatic heterocycles. The van der Waals surface area contributed by atoms with Crippen molar-refractivity contribution < 1.29 is 23.8 Å². The number of carbonyl (C=O) groups is 2. The summed E-state index contributed by atoms with van der Waals surface area (Å²) >= 11 is 5.85. The molecule has 0 unspecified atom stereocenters. The molecule has 2 N–H and O–H groups in total. The molecule has 0 saturated heterocycles. The average molecular weight is 276 g/mol. The van der Waals surface area contributed by atoms with Gasteiger partial charge in [0.25, 0.3) is 0 Å². The summed E-state index contributed by atoms with van der Waals surface area (Å²) in [5, 5.41) is 11.0. The zero-order valence-electron chi connectivity index (χ0n) is 9.93. The molecule has 1 amide bonds. The summed E-state index contributed by atoms with van der Waals surface area (Å²) in [6.45, 7) is 2.59. The summed E-state index contributed by atoms with van der Waals surface area (Å²) in [6.07, 6.45) is 0. The number of rotatable bonds is 3. The van der Waals surface area contributed by atoms with Crippen LogP contribution in [0.2, 0.25) is 5.02 Å². The minimum absolute atomic E-state index is 0.117. The van der Waals surface area contributed by atoms with Gasteiger partial charge >= 0.3 is 5.97 Å². The first kappa shape index (κ1) is 14.2. The van der Waals surface area contributed by atoms with Crippen molar-refractivity contribution in [3.8, 4) is 5.75 Å². The number of carboxylic acid groups (broad SMARTS) is 1. The second kappa shape index (κ2) is 5.22. The Morgan fingerprint density at radius 1 is 1.44 bits per heavy atom. The molecule has 0 aliphatic carbocycles. The van der Waals surface area contributed by atoms with E-state index in [1.165, 1.54) is 13.8 Å². The van der Waals surface area contributed by atoms with Gasteiger partial charge < -0.3 is 15.2 Å². The highest BCUT2D eigenvalue weighted by molar-refractivity contribution is 6.35. The van der Waals surface area contributed by atoms with Gasteiger partial charge in [-0.05, 0) is 12.5 Å². The fourth-order valence-corrected chi connectivity index (χ4v) is 1.75. The molecule has 0 saturated carbocycles. The summed E-state index contributed by atoms with van der Waals surface area (Å²) < 4.78 is 18.7. The first-order chi connectivity index (χ1) is 8.31. The van der Waals surface area contributed by atoms with Crippen LogP contribution in [0.25, 0.3) is 0 Å². The second-order valence-corrected chi connectivity index (χ2v) is 3.90. The van der Waals surface area contributed by atoms with Crippen LogP contribution < -0.4 is 10.1 Å². The zero-order chi connectivity index (χ0) is 14.0. The number of hydrogen-bond acceptors (Lipinski definition) is 3. The van der Waals surface area contributed by atoms with Crippen molar-refractivity contribution in [1.29, 1.82) is 0 Å². The average Bonchev–Trinajstić information content (AvgIpc) is 2.28. The quantitative estimate of drug-likeness (QED) is 0.888. The van der Waals surface area contributed by atoms with E-state index in [4.69, 9.17) is 21.4 Å². The van der Waals surface area contributed by atoms with Crippen molar-refractivity contribution in [1.82, 2.24) is 0 Å². The van der Waals surface area contributed by atoms with Gasteiger partial charge in [0, 0.05) is 6.92 Å². The highest BCUT2D eigenvalue weighted by Crippen LogP contribution is 2.38. The number of carboxylic acids is 1. The fraction of sp³-hybridized carbons (Fsp3) is 0.273. The third-order valence-corrected chi connectivity index (χ3v) is 2.76. The molecule has 0 fully saturated rings. The number of halogens is 2. The molecule has 5 nitrogen and oxygen atoms in total. The predicted octanol–water partition coefficient (Wildman–Crippen LogP) is 2.45. The number of ether oxygens (including phenoxy) is 1. The number of amides is 1. The van der Waals surface area contributed by atoms with Crippen molar-refractivity contribution in [3.05, 3.63) is 22.0 Å². The SMILES string of the molecule is COc1c(F)c(NC(C)=O)c(Cl)c(C)c1C(=O)O. The van der Waals surface area contributed by atoms with E-state index in [1.807, 2.05) is 0 Å². The van der Waals surface area contributed by atoms with Crippen molar-refractivity contribution >= 4 is 29.2 Å². The minimum Gasteiger partial charge on any atom is -0.493 e. The molecule has 1 aromatic rings. The monoisotopic (exact) mass is 275 g/mol. The molecular weight excluding hydrogens is 265 g/mol. The molecule has 1 rings (SSSR count). The van der Waals surface area contributed by atoms with Gasteiger partial charge in [-0.1, -0.05) is 11.6 Å². The molecule has 0 heterocycles. The molecule has 0 atom stereocenters. The molecule has 98 valence electrons. The highest BCUT2D eigenvalue weighted by atomic mass is 35.5. The smallest absolute Gasteiger partial charge is 0.339 e. The lowest BCUT2D eigenvalue weighted by atomic mass is 10.1. The Kier molecular flexibility index (Phi) is 4.13. The van der Waals surface area contributed by atoms with Crippen LogP contribution in [0.3, 0.4) is 0 Å². The Balaban J connectivity index is 3.64. The van der Waals surface area contributed by atoms with Gasteiger partial charge in [0.2, 0.25) is 5.91 Å². The number of hydrogen-bond donors (Lipinski definition) is 2. The van der Waals surface area contributed by atoms with Crippen molar-refractivity contribution in [3.63, 3.8) is 0 Å². The summed E-state index contributed by atoms with van der Waals surface area (Å²) in [5.41, 5.74) is -0.538. The molecule has 0 bridgehead atoms. The Hall–Kier alpha value is -1.82. The van der Waals surface area contributed by atoms with Crippen LogP contribution in [0.15, 0.2) is 0 Å². The number of methoxy groups -OCH3 is 1. The molecule has 1 aromatic carbocycles. The largest absolute Gasteiger partial charge is 0.493 e. The van der Waals surface area contributed by atoms with E-state index in [1.54, 1.807) is 0 Å². The lowest BCUT2D eigenvalue weighted by Crippen LogP contribution is -2.13. The van der Waals surface area contributed by atoms with Gasteiger partial charge in [-0.2, -0.15) is 0 Å². The van der Waals surface area contributed by atoms with Crippen LogP contribution in [-0.4, -0.2) is 24.1 Å². The van der Waals surface area contributed by atoms with Crippen LogP contribution in [0, 0.1) is 12.7 Å². The maximum Gasteiger partial charge on any atom is 0.339 e. The van der Waals surface area contributed by atoms with Crippen molar-refractivity contribution in [2.24, 2.45) is 0 Å². The van der Waals surface area contributed by atoms with E-state index in [-0.39, 0.29) is 21.8 Å². The van der Waals surface area contributed by atoms with Crippen LogP contribution in [0.1, 0.15) is 22.8 Å². The number of anilines is 1. The maximum absolute atomic E-state index is 14.0. The number of carbonyl (C=O) groups excluding carboxylic acids is 1. The molecule has 0 aliphatic heterocycles. The lowest BCUT2D eigenvalue weighted by molar-refractivity contribution is -0.114. The normalized spacial score (nSPS) is 10.1. The van der Waals surface area contributed by atoms with E-state index in [2.05, 4.69) is 5.32 Å². The summed E-state index contributed by atoms with van der Waals surface area (Å²) in [7, 11) is 1.13. The molecular formula is C11H11ClFNO4. The predicted molar refractivity (Wildman–Crippen MR) is 64.0 cm³/mol. The Morgan fingerprint density at radius 3 is 2.39 bits per heavy atom. The van der Waals surface area contributed by atoms with Gasteiger partial charge in [-0.25, -0.2) is 9.18 Å². The van der Waals surface area contributed by atoms with Gasteiger partial charge in [0.15, 0.2) is 11.6 Å². The molecule has 18 heavy (non-hydrogen) atoms. The maximum atomic E-state index is 14.0. The fourth-order valence-electron chi connectivity index (χ4n) is 1.52. The summed E-state index contributed by atoms with van der Waals surface area (Å²) in [5.74, 6) is -3.37. The summed E-state index contributed by atoms with van der Waals surface area (Å²) in [4.78, 5) is 22.0. The minimum atomic E-state index is -1.36. The zero-order valence-corrected chi connectivity index (χ0v) is 10.7. The number of benzene rings is 1. The number of aromatic carboxylic acids is 1. The Labute approximate surface area is 108 Å². The second-order valence-electron chi connectivity index (χ2n) is 3.52. The van der Waals surface area contributed by atoms with Crippen LogP contribution in [0.5, 0.6) is 5.75 Å². The van der Waals surface area contributed by atoms with E-state index in [9.17, 15) is 14.0 Å². The van der Waals surface area contributed by atoms with Gasteiger partial charge in [0.05, 0.1) is 12.1 Å². The lowest BCUT2D eigenvalue weighted by Gasteiger charge is -2.15. The van der Waals surface area contributed by atoms with E-state index in [0.29, 0.717) is 0 Å². The molecule has 0 radical (unpaired) electrons.